The average Bonchev–Trinajstić information content (AvgIpc) is 2.68. The van der Waals surface area contributed by atoms with E-state index in [2.05, 4.69) is 28.6 Å². The summed E-state index contributed by atoms with van der Waals surface area (Å²) in [5, 5.41) is 9.78. The molecule has 1 fully saturated rings. The van der Waals surface area contributed by atoms with Crippen LogP contribution in [0.15, 0.2) is 29.2 Å². The van der Waals surface area contributed by atoms with Crippen molar-refractivity contribution in [1.82, 2.24) is 4.90 Å². The van der Waals surface area contributed by atoms with Gasteiger partial charge in [-0.25, -0.2) is 8.42 Å². The standard InChI is InChI=1S/C21H25NO5S/c1-3-5-13-22-14-11-21(12-15-22,20(23)24)17-28(25,26)19-9-7-18(8-10-19)27-16-6-4-2/h7-10H,11-17H2,1-2H3,(H,23,24). The Hall–Kier alpha value is -2.48. The van der Waals surface area contributed by atoms with Crippen molar-refractivity contribution in [1.29, 1.82) is 0 Å². The van der Waals surface area contributed by atoms with E-state index in [9.17, 15) is 18.3 Å². The minimum Gasteiger partial charge on any atom is -0.481 e. The van der Waals surface area contributed by atoms with Crippen molar-refractivity contribution in [3.8, 4) is 29.4 Å². The van der Waals surface area contributed by atoms with Crippen LogP contribution < -0.4 is 4.74 Å². The summed E-state index contributed by atoms with van der Waals surface area (Å²) in [6, 6.07) is 6.02. The summed E-state index contributed by atoms with van der Waals surface area (Å²) in [6.07, 6.45) is 0.563. The van der Waals surface area contributed by atoms with Gasteiger partial charge in [0.05, 0.1) is 22.6 Å². The maximum Gasteiger partial charge on any atom is 0.310 e. The van der Waals surface area contributed by atoms with Crippen LogP contribution in [0.25, 0.3) is 0 Å². The lowest BCUT2D eigenvalue weighted by atomic mass is 9.80. The van der Waals surface area contributed by atoms with E-state index < -0.39 is 27.0 Å². The van der Waals surface area contributed by atoms with Crippen LogP contribution in [0.3, 0.4) is 0 Å². The van der Waals surface area contributed by atoms with Crippen LogP contribution in [0.4, 0.5) is 0 Å². The molecule has 6 nitrogen and oxygen atoms in total. The van der Waals surface area contributed by atoms with E-state index in [-0.39, 0.29) is 24.3 Å². The van der Waals surface area contributed by atoms with E-state index in [1.54, 1.807) is 26.0 Å². The van der Waals surface area contributed by atoms with Gasteiger partial charge in [-0.1, -0.05) is 11.8 Å². The van der Waals surface area contributed by atoms with Crippen molar-refractivity contribution in [2.24, 2.45) is 5.41 Å². The molecule has 0 aromatic heterocycles. The van der Waals surface area contributed by atoms with Crippen LogP contribution in [0, 0.1) is 29.1 Å². The van der Waals surface area contributed by atoms with Crippen LogP contribution in [0.2, 0.25) is 0 Å². The zero-order valence-electron chi connectivity index (χ0n) is 16.2. The van der Waals surface area contributed by atoms with Crippen molar-refractivity contribution in [2.75, 3.05) is 32.0 Å². The van der Waals surface area contributed by atoms with Crippen molar-refractivity contribution in [2.45, 2.75) is 31.6 Å². The summed E-state index contributed by atoms with van der Waals surface area (Å²) in [4.78, 5) is 14.1. The molecule has 0 spiro atoms. The number of likely N-dealkylation sites (tertiary alicyclic amines) is 1. The van der Waals surface area contributed by atoms with Gasteiger partial charge in [0.15, 0.2) is 9.84 Å². The van der Waals surface area contributed by atoms with Gasteiger partial charge in [-0.15, -0.1) is 11.8 Å². The number of hydrogen-bond acceptors (Lipinski definition) is 5. The molecule has 0 saturated carbocycles. The smallest absolute Gasteiger partial charge is 0.310 e. The lowest BCUT2D eigenvalue weighted by molar-refractivity contribution is -0.150. The van der Waals surface area contributed by atoms with Crippen molar-refractivity contribution in [3.63, 3.8) is 0 Å². The summed E-state index contributed by atoms with van der Waals surface area (Å²) in [5.41, 5.74) is -1.28. The number of carboxylic acids is 1. The fourth-order valence-corrected chi connectivity index (χ4v) is 4.99. The van der Waals surface area contributed by atoms with Gasteiger partial charge >= 0.3 is 5.97 Å². The topological polar surface area (TPSA) is 83.9 Å². The van der Waals surface area contributed by atoms with E-state index in [1.807, 2.05) is 0 Å². The zero-order valence-corrected chi connectivity index (χ0v) is 17.0. The first-order valence-electron chi connectivity index (χ1n) is 9.03. The molecule has 1 aliphatic heterocycles. The van der Waals surface area contributed by atoms with Crippen LogP contribution in [0.5, 0.6) is 5.75 Å². The highest BCUT2D eigenvalue weighted by atomic mass is 32.2. The van der Waals surface area contributed by atoms with E-state index >= 15 is 0 Å². The summed E-state index contributed by atoms with van der Waals surface area (Å²) < 4.78 is 31.1. The minimum atomic E-state index is -3.75. The van der Waals surface area contributed by atoms with Gasteiger partial charge in [-0.3, -0.25) is 9.69 Å². The molecule has 0 aliphatic carbocycles. The van der Waals surface area contributed by atoms with Crippen LogP contribution in [0.1, 0.15) is 26.7 Å². The maximum atomic E-state index is 12.9. The number of ether oxygens (including phenoxy) is 1. The highest BCUT2D eigenvalue weighted by Crippen LogP contribution is 2.35. The lowest BCUT2D eigenvalue weighted by Gasteiger charge is -2.37. The molecule has 1 aliphatic rings. The second-order valence-electron chi connectivity index (χ2n) is 6.73. The van der Waals surface area contributed by atoms with Gasteiger partial charge in [0.2, 0.25) is 0 Å². The van der Waals surface area contributed by atoms with Gasteiger partial charge in [0.25, 0.3) is 0 Å². The molecule has 1 saturated heterocycles. The molecule has 1 aromatic carbocycles. The second kappa shape index (κ2) is 9.64. The van der Waals surface area contributed by atoms with Gasteiger partial charge < -0.3 is 9.84 Å². The first kappa shape index (κ1) is 21.8. The molecule has 1 N–H and O–H groups in total. The summed E-state index contributed by atoms with van der Waals surface area (Å²) >= 11 is 0. The normalized spacial score (nSPS) is 16.2. The Morgan fingerprint density at radius 3 is 2.29 bits per heavy atom. The van der Waals surface area contributed by atoms with Crippen molar-refractivity contribution in [3.05, 3.63) is 24.3 Å². The fraction of sp³-hybridized carbons (Fsp3) is 0.476. The molecule has 0 amide bonds. The molecule has 150 valence electrons. The monoisotopic (exact) mass is 403 g/mol. The summed E-state index contributed by atoms with van der Waals surface area (Å²) in [5.74, 6) is 10.3. The van der Waals surface area contributed by atoms with E-state index in [4.69, 9.17) is 4.74 Å². The van der Waals surface area contributed by atoms with Crippen molar-refractivity contribution < 1.29 is 23.1 Å². The lowest BCUT2D eigenvalue weighted by Crippen LogP contribution is -2.48. The number of carbonyl (C=O) groups is 1. The molecule has 0 radical (unpaired) electrons. The SMILES string of the molecule is CC#CCOc1ccc(S(=O)(=O)CC2(C(=O)O)CCN(CC#CC)CC2)cc1. The summed E-state index contributed by atoms with van der Waals surface area (Å²) in [6.45, 7) is 5.29. The highest BCUT2D eigenvalue weighted by Gasteiger charge is 2.45. The molecule has 2 rings (SSSR count). The Balaban J connectivity index is 2.12. The Kier molecular flexibility index (Phi) is 7.51. The van der Waals surface area contributed by atoms with Gasteiger partial charge in [0, 0.05) is 13.1 Å². The predicted octanol–water partition coefficient (Wildman–Crippen LogP) is 2.05. The molecular weight excluding hydrogens is 378 g/mol. The van der Waals surface area contributed by atoms with Crippen LogP contribution in [-0.4, -0.2) is 56.4 Å². The highest BCUT2D eigenvalue weighted by molar-refractivity contribution is 7.91. The molecule has 28 heavy (non-hydrogen) atoms. The number of aliphatic carboxylic acids is 1. The number of rotatable bonds is 7. The maximum absolute atomic E-state index is 12.9. The Bertz CT molecular complexity index is 906. The first-order valence-corrected chi connectivity index (χ1v) is 10.7. The number of piperidine rings is 1. The van der Waals surface area contributed by atoms with E-state index in [0.29, 0.717) is 25.4 Å². The second-order valence-corrected chi connectivity index (χ2v) is 8.72. The quantitative estimate of drug-likeness (QED) is 0.702. The first-order chi connectivity index (χ1) is 13.3. The Morgan fingerprint density at radius 2 is 1.75 bits per heavy atom. The Morgan fingerprint density at radius 1 is 1.14 bits per heavy atom. The third-order valence-corrected chi connectivity index (χ3v) is 6.81. The van der Waals surface area contributed by atoms with E-state index in [0.717, 1.165) is 0 Å². The number of benzene rings is 1. The zero-order chi connectivity index (χ0) is 20.6. The molecule has 1 aromatic rings. The number of nitrogens with zero attached hydrogens (tertiary/aromatic N) is 1. The Labute approximate surface area is 166 Å². The predicted molar refractivity (Wildman–Crippen MR) is 107 cm³/mol. The third kappa shape index (κ3) is 5.51. The van der Waals surface area contributed by atoms with Crippen LogP contribution >= 0.6 is 0 Å². The molecule has 1 heterocycles. The minimum absolute atomic E-state index is 0.0985. The van der Waals surface area contributed by atoms with Gasteiger partial charge in [-0.05, 0) is 51.0 Å². The largest absolute Gasteiger partial charge is 0.481 e. The van der Waals surface area contributed by atoms with Gasteiger partial charge in [-0.2, -0.15) is 0 Å². The summed E-state index contributed by atoms with van der Waals surface area (Å²) in [7, 11) is -3.75. The third-order valence-electron chi connectivity index (χ3n) is 4.88. The molecule has 0 unspecified atom stereocenters. The van der Waals surface area contributed by atoms with Crippen molar-refractivity contribution >= 4 is 15.8 Å². The number of hydrogen-bond donors (Lipinski definition) is 1. The number of carboxylic acid groups (broad SMARTS) is 1. The van der Waals surface area contributed by atoms with Crippen LogP contribution in [-0.2, 0) is 14.6 Å². The van der Waals surface area contributed by atoms with E-state index in [1.165, 1.54) is 12.1 Å². The number of sulfone groups is 1. The fourth-order valence-electron chi connectivity index (χ4n) is 3.13. The molecule has 0 bridgehead atoms. The average molecular weight is 404 g/mol. The molecule has 7 heteroatoms. The molecular formula is C21H25NO5S. The molecule has 0 atom stereocenters. The van der Waals surface area contributed by atoms with Gasteiger partial charge in [0.1, 0.15) is 12.4 Å².